The number of hydrogen-bond acceptors (Lipinski definition) is 5. The van der Waals surface area contributed by atoms with Gasteiger partial charge in [0.15, 0.2) is 5.75 Å². The van der Waals surface area contributed by atoms with Crippen molar-refractivity contribution >= 4 is 16.9 Å². The fourth-order valence-corrected chi connectivity index (χ4v) is 5.70. The van der Waals surface area contributed by atoms with Crippen LogP contribution in [-0.4, -0.2) is 39.0 Å². The third-order valence-corrected chi connectivity index (χ3v) is 7.58. The first-order valence-electron chi connectivity index (χ1n) is 12.4. The van der Waals surface area contributed by atoms with Gasteiger partial charge in [0.1, 0.15) is 11.5 Å². The minimum absolute atomic E-state index is 0.0709. The topological polar surface area (TPSA) is 86.3 Å². The summed E-state index contributed by atoms with van der Waals surface area (Å²) in [7, 11) is 1.71. The Balaban J connectivity index is 1.60. The van der Waals surface area contributed by atoms with Crippen LogP contribution in [0.3, 0.4) is 0 Å². The number of nitrogens with zero attached hydrogens (tertiary/aromatic N) is 4. The summed E-state index contributed by atoms with van der Waals surface area (Å²) in [6.07, 6.45) is 4.13. The van der Waals surface area contributed by atoms with E-state index < -0.39 is 12.2 Å². The lowest BCUT2D eigenvalue weighted by Gasteiger charge is -2.24. The van der Waals surface area contributed by atoms with Gasteiger partial charge in [-0.25, -0.2) is 4.98 Å². The smallest absolute Gasteiger partial charge is 0.387 e. The zero-order valence-corrected chi connectivity index (χ0v) is 20.8. The number of fused-ring (bicyclic) bond motifs is 6. The molecule has 0 spiro atoms. The van der Waals surface area contributed by atoms with E-state index in [0.29, 0.717) is 23.3 Å². The van der Waals surface area contributed by atoms with E-state index in [4.69, 9.17) is 15.5 Å². The summed E-state index contributed by atoms with van der Waals surface area (Å²) in [5.41, 5.74) is 11.8. The fraction of sp³-hybridized carbons (Fsp3) is 0.321. The number of para-hydroxylation sites is 1. The zero-order chi connectivity index (χ0) is 26.1. The molecule has 0 saturated heterocycles. The molecule has 1 amide bonds. The number of carbonyl (C=O) groups is 1. The second-order valence-electron chi connectivity index (χ2n) is 10.0. The summed E-state index contributed by atoms with van der Waals surface area (Å²) < 4.78 is 33.5. The number of aromatic nitrogens is 3. The average Bonchev–Trinajstić information content (AvgIpc) is 3.36. The number of nitrogens with two attached hydrogens (primary N) is 1. The molecule has 3 heterocycles. The van der Waals surface area contributed by atoms with Crippen LogP contribution in [0, 0.1) is 0 Å². The van der Waals surface area contributed by atoms with Gasteiger partial charge in [0, 0.05) is 18.8 Å². The summed E-state index contributed by atoms with van der Waals surface area (Å²) >= 11 is 0. The van der Waals surface area contributed by atoms with Crippen molar-refractivity contribution in [2.45, 2.75) is 51.3 Å². The predicted molar refractivity (Wildman–Crippen MR) is 136 cm³/mol. The van der Waals surface area contributed by atoms with Crippen molar-refractivity contribution < 1.29 is 18.3 Å². The second-order valence-corrected chi connectivity index (χ2v) is 10.0. The maximum absolute atomic E-state index is 13.4. The normalized spacial score (nSPS) is 20.7. The standard InChI is InChI=1S/C28H27F2N5O2/c1-4-20-25-33-19-9-8-15(17-12-16-10-11-28(2,31)24(16)32-14-17)13-21(19)35(25)23-18(26(36)34(20)3)6-5-7-22(23)37-27(29)30/h5-9,12-14,20,27H,4,10-11,31H2,1-3H3/t20?,28-/m1/s1. The molecule has 6 rings (SSSR count). The number of benzene rings is 2. The Morgan fingerprint density at radius 1 is 1.22 bits per heavy atom. The maximum Gasteiger partial charge on any atom is 0.387 e. The molecule has 2 aliphatic rings. The van der Waals surface area contributed by atoms with Crippen LogP contribution in [0.2, 0.25) is 0 Å². The highest BCUT2D eigenvalue weighted by atomic mass is 19.3. The summed E-state index contributed by atoms with van der Waals surface area (Å²) in [5, 5.41) is 0. The molecule has 0 fully saturated rings. The highest BCUT2D eigenvalue weighted by Crippen LogP contribution is 2.41. The summed E-state index contributed by atoms with van der Waals surface area (Å²) in [6.45, 7) is 0.930. The Kier molecular flexibility index (Phi) is 5.31. The van der Waals surface area contributed by atoms with Gasteiger partial charge in [-0.15, -0.1) is 0 Å². The van der Waals surface area contributed by atoms with Gasteiger partial charge in [-0.2, -0.15) is 8.78 Å². The number of aryl methyl sites for hydroxylation is 1. The first-order valence-corrected chi connectivity index (χ1v) is 12.4. The quantitative estimate of drug-likeness (QED) is 0.406. The Morgan fingerprint density at radius 2 is 2.03 bits per heavy atom. The molecule has 9 heteroatoms. The number of carbonyl (C=O) groups excluding carboxylic acids is 1. The number of imidazole rings is 1. The highest BCUT2D eigenvalue weighted by molar-refractivity contribution is 6.01. The van der Waals surface area contributed by atoms with Crippen LogP contribution in [0.1, 0.15) is 60.2 Å². The van der Waals surface area contributed by atoms with E-state index in [9.17, 15) is 13.6 Å². The molecular weight excluding hydrogens is 476 g/mol. The van der Waals surface area contributed by atoms with Crippen LogP contribution in [-0.2, 0) is 12.0 Å². The molecule has 1 unspecified atom stereocenters. The van der Waals surface area contributed by atoms with Crippen LogP contribution >= 0.6 is 0 Å². The van der Waals surface area contributed by atoms with E-state index >= 15 is 0 Å². The molecule has 2 aromatic heterocycles. The third-order valence-electron chi connectivity index (χ3n) is 7.58. The van der Waals surface area contributed by atoms with E-state index in [1.165, 1.54) is 6.07 Å². The number of pyridine rings is 1. The lowest BCUT2D eigenvalue weighted by molar-refractivity contribution is -0.0498. The first kappa shape index (κ1) is 23.5. The van der Waals surface area contributed by atoms with Gasteiger partial charge in [-0.1, -0.05) is 19.1 Å². The van der Waals surface area contributed by atoms with Crippen molar-refractivity contribution in [2.75, 3.05) is 7.05 Å². The van der Waals surface area contributed by atoms with E-state index in [1.807, 2.05) is 38.2 Å². The van der Waals surface area contributed by atoms with Crippen molar-refractivity contribution in [3.05, 3.63) is 71.3 Å². The second kappa shape index (κ2) is 8.34. The molecule has 4 aromatic rings. The number of amides is 1. The molecule has 0 saturated carbocycles. The maximum atomic E-state index is 13.4. The van der Waals surface area contributed by atoms with Crippen molar-refractivity contribution in [2.24, 2.45) is 5.73 Å². The van der Waals surface area contributed by atoms with Crippen LogP contribution in [0.5, 0.6) is 5.75 Å². The summed E-state index contributed by atoms with van der Waals surface area (Å²) in [6, 6.07) is 12.3. The lowest BCUT2D eigenvalue weighted by atomic mass is 9.99. The number of rotatable bonds is 4. The van der Waals surface area contributed by atoms with Gasteiger partial charge < -0.3 is 15.4 Å². The largest absolute Gasteiger partial charge is 0.433 e. The zero-order valence-electron chi connectivity index (χ0n) is 20.8. The van der Waals surface area contributed by atoms with E-state index in [0.717, 1.165) is 35.2 Å². The number of ether oxygens (including phenoxy) is 1. The molecule has 2 N–H and O–H groups in total. The molecule has 0 bridgehead atoms. The minimum atomic E-state index is -3.04. The van der Waals surface area contributed by atoms with Crippen molar-refractivity contribution in [3.63, 3.8) is 0 Å². The Labute approximate surface area is 212 Å². The van der Waals surface area contributed by atoms with E-state index in [2.05, 4.69) is 11.1 Å². The fourth-order valence-electron chi connectivity index (χ4n) is 5.70. The minimum Gasteiger partial charge on any atom is -0.433 e. The highest BCUT2D eigenvalue weighted by Gasteiger charge is 2.35. The summed E-state index contributed by atoms with van der Waals surface area (Å²) in [5.74, 6) is 0.253. The molecule has 0 radical (unpaired) electrons. The van der Waals surface area contributed by atoms with Crippen LogP contribution in [0.25, 0.3) is 27.8 Å². The predicted octanol–water partition coefficient (Wildman–Crippen LogP) is 5.35. The van der Waals surface area contributed by atoms with E-state index in [1.54, 1.807) is 28.6 Å². The number of alkyl halides is 2. The third kappa shape index (κ3) is 3.60. The monoisotopic (exact) mass is 503 g/mol. The van der Waals surface area contributed by atoms with Gasteiger partial charge in [0.05, 0.1) is 33.9 Å². The van der Waals surface area contributed by atoms with Gasteiger partial charge in [-0.05, 0) is 67.6 Å². The lowest BCUT2D eigenvalue weighted by Crippen LogP contribution is -2.30. The number of halogens is 2. The molecule has 190 valence electrons. The Hall–Kier alpha value is -3.85. The number of hydrogen-bond donors (Lipinski definition) is 1. The Bertz CT molecular complexity index is 1560. The Morgan fingerprint density at radius 3 is 2.78 bits per heavy atom. The van der Waals surface area contributed by atoms with Gasteiger partial charge in [-0.3, -0.25) is 14.3 Å². The first-order chi connectivity index (χ1) is 17.7. The molecule has 2 aromatic carbocycles. The van der Waals surface area contributed by atoms with Crippen LogP contribution in [0.15, 0.2) is 48.7 Å². The van der Waals surface area contributed by atoms with Crippen LogP contribution in [0.4, 0.5) is 8.78 Å². The van der Waals surface area contributed by atoms with Crippen molar-refractivity contribution in [1.29, 1.82) is 0 Å². The molecular formula is C28H27F2N5O2. The van der Waals surface area contributed by atoms with Crippen molar-refractivity contribution in [3.8, 4) is 22.6 Å². The summed E-state index contributed by atoms with van der Waals surface area (Å²) in [4.78, 5) is 24.6. The van der Waals surface area contributed by atoms with Gasteiger partial charge in [0.2, 0.25) is 0 Å². The van der Waals surface area contributed by atoms with Gasteiger partial charge >= 0.3 is 6.61 Å². The molecule has 7 nitrogen and oxygen atoms in total. The molecule has 2 atom stereocenters. The molecule has 1 aliphatic heterocycles. The molecule has 37 heavy (non-hydrogen) atoms. The van der Waals surface area contributed by atoms with Crippen molar-refractivity contribution in [1.82, 2.24) is 19.4 Å². The average molecular weight is 504 g/mol. The molecule has 1 aliphatic carbocycles. The SMILES string of the molecule is CCC1c2nc3ccc(-c4cnc5c(c4)CC[C@@]5(C)N)cc3n2-c2c(OC(F)F)cccc2C(=O)N1C. The van der Waals surface area contributed by atoms with E-state index in [-0.39, 0.29) is 28.9 Å². The van der Waals surface area contributed by atoms with Crippen LogP contribution < -0.4 is 10.5 Å². The van der Waals surface area contributed by atoms with Gasteiger partial charge in [0.25, 0.3) is 5.91 Å².